The summed E-state index contributed by atoms with van der Waals surface area (Å²) in [6.07, 6.45) is 0.843. The number of hydrogen-bond donors (Lipinski definition) is 2. The van der Waals surface area contributed by atoms with Gasteiger partial charge >= 0.3 is 0 Å². The summed E-state index contributed by atoms with van der Waals surface area (Å²) < 4.78 is 5.39. The number of para-hydroxylation sites is 1. The van der Waals surface area contributed by atoms with Gasteiger partial charge in [0.15, 0.2) is 0 Å². The van der Waals surface area contributed by atoms with Crippen LogP contribution in [-0.2, 0) is 20.7 Å². The molecule has 1 atom stereocenters. The summed E-state index contributed by atoms with van der Waals surface area (Å²) >= 11 is 0. The maximum Gasteiger partial charge on any atom is 0.241 e. The van der Waals surface area contributed by atoms with Crippen LogP contribution in [-0.4, -0.2) is 62.7 Å². The zero-order valence-corrected chi connectivity index (χ0v) is 18.6. The number of carbonyl (C=O) groups excluding carboxylic acids is 2. The molecule has 2 aromatic carbocycles. The maximum absolute atomic E-state index is 12.7. The van der Waals surface area contributed by atoms with E-state index in [1.165, 1.54) is 0 Å². The summed E-state index contributed by atoms with van der Waals surface area (Å²) in [5.74, 6) is -0.290. The number of benzene rings is 2. The van der Waals surface area contributed by atoms with Gasteiger partial charge in [-0.25, -0.2) is 0 Å². The molecule has 7 nitrogen and oxygen atoms in total. The van der Waals surface area contributed by atoms with Crippen LogP contribution in [0.3, 0.4) is 0 Å². The van der Waals surface area contributed by atoms with Crippen molar-refractivity contribution in [1.29, 1.82) is 0 Å². The Balaban J connectivity index is 1.51. The highest BCUT2D eigenvalue weighted by atomic mass is 16.5. The molecule has 1 aliphatic rings. The number of ether oxygens (including phenoxy) is 1. The number of hydrogen-bond acceptors (Lipinski definition) is 5. The summed E-state index contributed by atoms with van der Waals surface area (Å²) in [5, 5.41) is 5.89. The van der Waals surface area contributed by atoms with Gasteiger partial charge in [0.1, 0.15) is 0 Å². The van der Waals surface area contributed by atoms with Crippen LogP contribution in [0.5, 0.6) is 0 Å². The fraction of sp³-hybridized carbons (Fsp3) is 0.417. The summed E-state index contributed by atoms with van der Waals surface area (Å²) in [7, 11) is 1.77. The molecule has 1 aliphatic heterocycles. The van der Waals surface area contributed by atoms with Crippen molar-refractivity contribution in [3.8, 4) is 0 Å². The molecule has 0 radical (unpaired) electrons. The largest absolute Gasteiger partial charge is 0.378 e. The molecule has 0 unspecified atom stereocenters. The Morgan fingerprint density at radius 3 is 2.42 bits per heavy atom. The first kappa shape index (κ1) is 22.8. The Morgan fingerprint density at radius 1 is 1.06 bits per heavy atom. The Labute approximate surface area is 184 Å². The summed E-state index contributed by atoms with van der Waals surface area (Å²) in [6.45, 7) is 7.20. The molecule has 3 rings (SSSR count). The number of rotatable bonds is 8. The zero-order chi connectivity index (χ0) is 22.2. The van der Waals surface area contributed by atoms with Crippen LogP contribution in [0.4, 0.5) is 17.1 Å². The minimum Gasteiger partial charge on any atom is -0.378 e. The van der Waals surface area contributed by atoms with E-state index in [0.717, 1.165) is 55.3 Å². The minimum atomic E-state index is -0.453. The topological polar surface area (TPSA) is 73.9 Å². The molecular formula is C24H32N4O3. The fourth-order valence-electron chi connectivity index (χ4n) is 3.53. The number of morpholine rings is 1. The summed E-state index contributed by atoms with van der Waals surface area (Å²) in [5.41, 5.74) is 3.77. The Kier molecular flexibility index (Phi) is 8.03. The molecule has 0 bridgehead atoms. The second-order valence-corrected chi connectivity index (χ2v) is 7.79. The second kappa shape index (κ2) is 10.9. The van der Waals surface area contributed by atoms with Crippen molar-refractivity contribution in [3.63, 3.8) is 0 Å². The molecule has 0 aliphatic carbocycles. The monoisotopic (exact) mass is 424 g/mol. The predicted molar refractivity (Wildman–Crippen MR) is 125 cm³/mol. The lowest BCUT2D eigenvalue weighted by Gasteiger charge is -2.29. The highest BCUT2D eigenvalue weighted by molar-refractivity contribution is 5.96. The number of aryl methyl sites for hydroxylation is 1. The smallest absolute Gasteiger partial charge is 0.241 e. The van der Waals surface area contributed by atoms with Crippen LogP contribution in [0.2, 0.25) is 0 Å². The lowest BCUT2D eigenvalue weighted by molar-refractivity contribution is -0.122. The van der Waals surface area contributed by atoms with E-state index in [2.05, 4.69) is 22.5 Å². The van der Waals surface area contributed by atoms with Gasteiger partial charge in [-0.2, -0.15) is 0 Å². The van der Waals surface area contributed by atoms with Crippen LogP contribution in [0, 0.1) is 0 Å². The molecule has 31 heavy (non-hydrogen) atoms. The van der Waals surface area contributed by atoms with Crippen molar-refractivity contribution in [2.75, 3.05) is 55.4 Å². The quantitative estimate of drug-likeness (QED) is 0.682. The third kappa shape index (κ3) is 6.29. The maximum atomic E-state index is 12.7. The molecule has 2 N–H and O–H groups in total. The number of likely N-dealkylation sites (N-methyl/N-ethyl adjacent to an activating group) is 1. The Bertz CT molecular complexity index is 879. The van der Waals surface area contributed by atoms with Crippen molar-refractivity contribution in [2.45, 2.75) is 26.3 Å². The van der Waals surface area contributed by atoms with Crippen LogP contribution in [0.15, 0.2) is 48.5 Å². The molecule has 7 heteroatoms. The first-order valence-corrected chi connectivity index (χ1v) is 10.8. The molecule has 2 aromatic rings. The normalized spacial score (nSPS) is 14.9. The highest BCUT2D eigenvalue weighted by Crippen LogP contribution is 2.19. The Hall–Kier alpha value is -2.90. The first-order chi connectivity index (χ1) is 15.0. The van der Waals surface area contributed by atoms with Gasteiger partial charge in [-0.05, 0) is 56.3 Å². The number of nitrogens with one attached hydrogen (secondary N) is 2. The number of anilines is 3. The van der Waals surface area contributed by atoms with Crippen LogP contribution >= 0.6 is 0 Å². The van der Waals surface area contributed by atoms with Crippen LogP contribution in [0.25, 0.3) is 0 Å². The van der Waals surface area contributed by atoms with Gasteiger partial charge in [-0.3, -0.25) is 14.5 Å². The third-order valence-corrected chi connectivity index (χ3v) is 5.62. The number of carbonyl (C=O) groups is 2. The molecule has 1 heterocycles. The van der Waals surface area contributed by atoms with Crippen molar-refractivity contribution in [2.24, 2.45) is 0 Å². The SMILES string of the molecule is CCc1ccccc1NC(=O)CN(C)[C@H](C)C(=O)Nc1ccc(N2CCOCC2)cc1. The molecule has 0 aromatic heterocycles. The van der Waals surface area contributed by atoms with Crippen molar-refractivity contribution in [1.82, 2.24) is 4.90 Å². The van der Waals surface area contributed by atoms with Gasteiger partial charge in [0.2, 0.25) is 11.8 Å². The van der Waals surface area contributed by atoms with E-state index in [1.54, 1.807) is 18.9 Å². The molecule has 0 saturated carbocycles. The minimum absolute atomic E-state index is 0.128. The average Bonchev–Trinajstić information content (AvgIpc) is 2.79. The van der Waals surface area contributed by atoms with E-state index >= 15 is 0 Å². The van der Waals surface area contributed by atoms with Crippen molar-refractivity contribution < 1.29 is 14.3 Å². The van der Waals surface area contributed by atoms with E-state index in [4.69, 9.17) is 4.74 Å². The van der Waals surface area contributed by atoms with Gasteiger partial charge in [0, 0.05) is 30.2 Å². The van der Waals surface area contributed by atoms with E-state index < -0.39 is 6.04 Å². The molecule has 166 valence electrons. The van der Waals surface area contributed by atoms with Crippen LogP contribution < -0.4 is 15.5 Å². The van der Waals surface area contributed by atoms with E-state index in [-0.39, 0.29) is 18.4 Å². The highest BCUT2D eigenvalue weighted by Gasteiger charge is 2.21. The van der Waals surface area contributed by atoms with Crippen molar-refractivity contribution in [3.05, 3.63) is 54.1 Å². The first-order valence-electron chi connectivity index (χ1n) is 10.8. The second-order valence-electron chi connectivity index (χ2n) is 7.79. The standard InChI is InChI=1S/C24H32N4O3/c1-4-19-7-5-6-8-22(19)26-23(29)17-27(3)18(2)24(30)25-20-9-11-21(12-10-20)28-13-15-31-16-14-28/h5-12,18H,4,13-17H2,1-3H3,(H,25,30)(H,26,29)/t18-/m1/s1. The van der Waals surface area contributed by atoms with E-state index in [9.17, 15) is 9.59 Å². The lowest BCUT2D eigenvalue weighted by atomic mass is 10.1. The summed E-state index contributed by atoms with van der Waals surface area (Å²) in [6, 6.07) is 15.1. The average molecular weight is 425 g/mol. The molecule has 1 fully saturated rings. The predicted octanol–water partition coefficient (Wildman–Crippen LogP) is 2.98. The number of nitrogens with zero attached hydrogens (tertiary/aromatic N) is 2. The molecule has 2 amide bonds. The Morgan fingerprint density at radius 2 is 1.74 bits per heavy atom. The number of amides is 2. The lowest BCUT2D eigenvalue weighted by Crippen LogP contribution is -2.43. The zero-order valence-electron chi connectivity index (χ0n) is 18.6. The fourth-order valence-corrected chi connectivity index (χ4v) is 3.53. The molecular weight excluding hydrogens is 392 g/mol. The van der Waals surface area contributed by atoms with Gasteiger partial charge in [-0.15, -0.1) is 0 Å². The van der Waals surface area contributed by atoms with E-state index in [0.29, 0.717) is 0 Å². The van der Waals surface area contributed by atoms with Gasteiger partial charge in [0.25, 0.3) is 0 Å². The van der Waals surface area contributed by atoms with E-state index in [1.807, 2.05) is 48.5 Å². The summed E-state index contributed by atoms with van der Waals surface area (Å²) in [4.78, 5) is 29.1. The van der Waals surface area contributed by atoms with Gasteiger partial charge in [-0.1, -0.05) is 25.1 Å². The van der Waals surface area contributed by atoms with Gasteiger partial charge < -0.3 is 20.3 Å². The van der Waals surface area contributed by atoms with Crippen molar-refractivity contribution >= 4 is 28.9 Å². The van der Waals surface area contributed by atoms with Crippen LogP contribution in [0.1, 0.15) is 19.4 Å². The third-order valence-electron chi connectivity index (χ3n) is 5.62. The molecule has 0 spiro atoms. The van der Waals surface area contributed by atoms with Gasteiger partial charge in [0.05, 0.1) is 25.8 Å². The molecule has 1 saturated heterocycles.